The zero-order chi connectivity index (χ0) is 25.8. The zero-order valence-electron chi connectivity index (χ0n) is 21.0. The van der Waals surface area contributed by atoms with E-state index in [4.69, 9.17) is 4.74 Å². The first-order chi connectivity index (χ1) is 16.7. The lowest BCUT2D eigenvalue weighted by atomic mass is 10.3. The lowest BCUT2D eigenvalue weighted by Crippen LogP contribution is -2.10. The van der Waals surface area contributed by atoms with Gasteiger partial charge in [0.25, 0.3) is 0 Å². The summed E-state index contributed by atoms with van der Waals surface area (Å²) in [7, 11) is 3.97. The molecule has 3 aromatic rings. The third-order valence-corrected chi connectivity index (χ3v) is 5.12. The molecule has 2 N–H and O–H groups in total. The van der Waals surface area contributed by atoms with E-state index in [0.717, 1.165) is 28.1 Å². The summed E-state index contributed by atoms with van der Waals surface area (Å²) in [6, 6.07) is 3.93. The van der Waals surface area contributed by atoms with Gasteiger partial charge in [0.2, 0.25) is 5.95 Å². The number of aryl methyl sites for hydroxylation is 2. The molecule has 0 radical (unpaired) electrons. The number of hydrogen-bond acceptors (Lipinski definition) is 8. The van der Waals surface area contributed by atoms with E-state index in [1.165, 1.54) is 25.9 Å². The molecule has 0 spiro atoms. The van der Waals surface area contributed by atoms with Crippen LogP contribution >= 0.6 is 0 Å². The van der Waals surface area contributed by atoms with E-state index in [9.17, 15) is 13.2 Å². The van der Waals surface area contributed by atoms with Crippen molar-refractivity contribution in [2.24, 2.45) is 0 Å². The Morgan fingerprint density at radius 1 is 1.14 bits per heavy atom. The van der Waals surface area contributed by atoms with Crippen molar-refractivity contribution in [3.8, 4) is 0 Å². The molecule has 0 unspecified atom stereocenters. The highest BCUT2D eigenvalue weighted by Crippen LogP contribution is 2.27. The smallest absolute Gasteiger partial charge is 0.379 e. The molecule has 1 saturated heterocycles. The van der Waals surface area contributed by atoms with Crippen LogP contribution in [0.1, 0.15) is 31.0 Å². The molecule has 12 heteroatoms. The molecule has 0 atom stereocenters. The molecule has 194 valence electrons. The summed E-state index contributed by atoms with van der Waals surface area (Å²) in [4.78, 5) is 15.9. The summed E-state index contributed by atoms with van der Waals surface area (Å²) in [5, 5.41) is 10.9. The number of aromatic nitrogens is 5. The minimum Gasteiger partial charge on any atom is -0.380 e. The largest absolute Gasteiger partial charge is 0.380 e. The molecule has 0 saturated carbocycles. The van der Waals surface area contributed by atoms with Gasteiger partial charge in [0.1, 0.15) is 16.9 Å². The third-order valence-electron chi connectivity index (χ3n) is 5.12. The number of nitrogens with zero attached hydrogens (tertiary/aromatic N) is 6. The summed E-state index contributed by atoms with van der Waals surface area (Å²) >= 11 is 0. The Bertz CT molecular complexity index is 1040. The number of alkyl halides is 3. The summed E-state index contributed by atoms with van der Waals surface area (Å²) < 4.78 is 36.4. The highest BCUT2D eigenvalue weighted by atomic mass is 19.4. The fraction of sp³-hybridized carbons (Fsp3) is 0.565. The van der Waals surface area contributed by atoms with Gasteiger partial charge in [-0.25, -0.2) is 9.97 Å². The molecule has 3 aromatic heterocycles. The van der Waals surface area contributed by atoms with E-state index < -0.39 is 6.68 Å². The molecule has 0 aromatic carbocycles. The van der Waals surface area contributed by atoms with Gasteiger partial charge in [-0.05, 0) is 71.4 Å². The first-order valence-corrected chi connectivity index (χ1v) is 11.6. The first-order valence-electron chi connectivity index (χ1n) is 11.6. The van der Waals surface area contributed by atoms with Crippen LogP contribution < -0.4 is 10.6 Å². The van der Waals surface area contributed by atoms with Gasteiger partial charge in [-0.15, -0.1) is 0 Å². The van der Waals surface area contributed by atoms with Crippen molar-refractivity contribution in [1.82, 2.24) is 29.6 Å². The Hall–Kier alpha value is -2.99. The standard InChI is InChI=1S/C17H23N7O.C5H11N.CHF3/c1-5-25-9-8-24-15-14(12(3)23-24)21-17(18-4)22-16(15)20-13-10-11(2)6-7-19-13;1-6-4-2-3-5-6;2-1(3)4/h6-7,10H,5,8-9H2,1-4H3,(H2,18,19,20,21,22);2-5H2,1H3;1H. The lowest BCUT2D eigenvalue weighted by molar-refractivity contribution is 0.00819. The van der Waals surface area contributed by atoms with Crippen molar-refractivity contribution in [3.05, 3.63) is 29.6 Å². The molecule has 4 rings (SSSR count). The number of ether oxygens (including phenoxy) is 1. The number of hydrogen-bond donors (Lipinski definition) is 2. The van der Waals surface area contributed by atoms with Gasteiger partial charge < -0.3 is 20.3 Å². The van der Waals surface area contributed by atoms with Crippen molar-refractivity contribution in [2.45, 2.75) is 46.8 Å². The van der Waals surface area contributed by atoms with Gasteiger partial charge in [0.15, 0.2) is 5.82 Å². The van der Waals surface area contributed by atoms with Crippen molar-refractivity contribution in [2.75, 3.05) is 51.0 Å². The van der Waals surface area contributed by atoms with Crippen LogP contribution in [0.25, 0.3) is 11.0 Å². The van der Waals surface area contributed by atoms with Crippen LogP contribution in [0.3, 0.4) is 0 Å². The van der Waals surface area contributed by atoms with Gasteiger partial charge >= 0.3 is 6.68 Å². The highest BCUT2D eigenvalue weighted by molar-refractivity contribution is 5.90. The Balaban J connectivity index is 0.000000360. The fourth-order valence-electron chi connectivity index (χ4n) is 3.49. The molecule has 4 heterocycles. The van der Waals surface area contributed by atoms with Crippen molar-refractivity contribution in [3.63, 3.8) is 0 Å². The second kappa shape index (κ2) is 14.4. The summed E-state index contributed by atoms with van der Waals surface area (Å²) in [6.45, 7) is 6.82. The number of anilines is 3. The number of rotatable bonds is 7. The summed E-state index contributed by atoms with van der Waals surface area (Å²) in [6.07, 6.45) is 4.60. The predicted molar refractivity (Wildman–Crippen MR) is 132 cm³/mol. The van der Waals surface area contributed by atoms with Crippen LogP contribution in [0.2, 0.25) is 0 Å². The van der Waals surface area contributed by atoms with E-state index in [1.54, 1.807) is 13.2 Å². The molecular formula is C23H35F3N8O. The van der Waals surface area contributed by atoms with Gasteiger partial charge in [-0.3, -0.25) is 4.68 Å². The zero-order valence-corrected chi connectivity index (χ0v) is 21.0. The quantitative estimate of drug-likeness (QED) is 0.460. The topological polar surface area (TPSA) is 93.0 Å². The van der Waals surface area contributed by atoms with Crippen LogP contribution in [-0.4, -0.2) is 76.7 Å². The SMILES string of the molecule is CCOCCn1nc(C)c2nc(NC)nc(Nc3cc(C)ccn3)c21.CN1CCCC1.FC(F)F. The van der Waals surface area contributed by atoms with Crippen LogP contribution in [0.4, 0.5) is 30.8 Å². The van der Waals surface area contributed by atoms with E-state index in [-0.39, 0.29) is 0 Å². The molecule has 0 bridgehead atoms. The van der Waals surface area contributed by atoms with Crippen LogP contribution in [0.15, 0.2) is 18.3 Å². The highest BCUT2D eigenvalue weighted by Gasteiger charge is 2.17. The van der Waals surface area contributed by atoms with Crippen LogP contribution in [0.5, 0.6) is 0 Å². The maximum absolute atomic E-state index is 9.67. The van der Waals surface area contributed by atoms with Crippen molar-refractivity contribution in [1.29, 1.82) is 0 Å². The minimum absolute atomic E-state index is 0.537. The monoisotopic (exact) mass is 496 g/mol. The molecule has 35 heavy (non-hydrogen) atoms. The summed E-state index contributed by atoms with van der Waals surface area (Å²) in [5.41, 5.74) is 3.63. The Morgan fingerprint density at radius 2 is 1.83 bits per heavy atom. The van der Waals surface area contributed by atoms with Gasteiger partial charge in [-0.1, -0.05) is 0 Å². The fourth-order valence-corrected chi connectivity index (χ4v) is 3.49. The molecule has 9 nitrogen and oxygen atoms in total. The number of halogens is 3. The molecule has 1 aliphatic heterocycles. The molecule has 1 fully saturated rings. The predicted octanol–water partition coefficient (Wildman–Crippen LogP) is 4.55. The van der Waals surface area contributed by atoms with Gasteiger partial charge in [0.05, 0.1) is 18.8 Å². The average Bonchev–Trinajstić information content (AvgIpc) is 3.40. The van der Waals surface area contributed by atoms with Gasteiger partial charge in [-0.2, -0.15) is 23.3 Å². The van der Waals surface area contributed by atoms with Gasteiger partial charge in [0, 0.05) is 19.9 Å². The molecule has 0 amide bonds. The second-order valence-corrected chi connectivity index (χ2v) is 7.95. The van der Waals surface area contributed by atoms with Crippen LogP contribution in [0, 0.1) is 13.8 Å². The second-order valence-electron chi connectivity index (χ2n) is 7.95. The maximum atomic E-state index is 9.67. The number of fused-ring (bicyclic) bond motifs is 1. The Labute approximate surface area is 204 Å². The van der Waals surface area contributed by atoms with Crippen molar-refractivity contribution >= 4 is 28.6 Å². The minimum atomic E-state index is -3.67. The lowest BCUT2D eigenvalue weighted by Gasteiger charge is -2.11. The van der Waals surface area contributed by atoms with E-state index in [1.807, 2.05) is 37.6 Å². The van der Waals surface area contributed by atoms with E-state index in [2.05, 4.69) is 42.6 Å². The maximum Gasteiger partial charge on any atom is 0.379 e. The van der Waals surface area contributed by atoms with E-state index >= 15 is 0 Å². The van der Waals surface area contributed by atoms with E-state index in [0.29, 0.717) is 31.5 Å². The molecular weight excluding hydrogens is 461 g/mol. The number of likely N-dealkylation sites (tertiary alicyclic amines) is 1. The normalized spacial score (nSPS) is 13.3. The Kier molecular flexibility index (Phi) is 11.6. The molecule has 1 aliphatic rings. The Morgan fingerprint density at radius 3 is 2.37 bits per heavy atom. The average molecular weight is 497 g/mol. The van der Waals surface area contributed by atoms with Crippen LogP contribution in [-0.2, 0) is 11.3 Å². The van der Waals surface area contributed by atoms with Crippen molar-refractivity contribution < 1.29 is 17.9 Å². The summed E-state index contributed by atoms with van der Waals surface area (Å²) in [5.74, 6) is 1.94. The first kappa shape index (κ1) is 28.2. The third kappa shape index (κ3) is 9.29. The molecule has 0 aliphatic carbocycles. The number of pyridine rings is 1. The number of nitrogens with one attached hydrogen (secondary N) is 2.